The van der Waals surface area contributed by atoms with Gasteiger partial charge >= 0.3 is 5.97 Å². The van der Waals surface area contributed by atoms with Gasteiger partial charge < -0.3 is 9.29 Å². The zero-order valence-electron chi connectivity index (χ0n) is 11.8. The number of ether oxygens (including phenoxy) is 1. The SMILES string of the molecule is COC(=O)c1cnc(CN(Cc2ccccc2)S(=O)[O-])cn1. The maximum atomic E-state index is 11.3. The molecule has 7 nitrogen and oxygen atoms in total. The highest BCUT2D eigenvalue weighted by Gasteiger charge is 2.11. The predicted octanol–water partition coefficient (Wildman–Crippen LogP) is 1.06. The molecule has 1 aromatic heterocycles. The van der Waals surface area contributed by atoms with Gasteiger partial charge in [0.25, 0.3) is 0 Å². The second-order valence-corrected chi connectivity index (χ2v) is 5.34. The fourth-order valence-electron chi connectivity index (χ4n) is 1.78. The first kappa shape index (κ1) is 16.2. The summed E-state index contributed by atoms with van der Waals surface area (Å²) in [5.74, 6) is -0.590. The molecule has 1 aromatic carbocycles. The van der Waals surface area contributed by atoms with E-state index in [0.717, 1.165) is 5.56 Å². The van der Waals surface area contributed by atoms with Gasteiger partial charge in [0, 0.05) is 17.8 Å². The van der Waals surface area contributed by atoms with Gasteiger partial charge in [-0.25, -0.2) is 14.1 Å². The van der Waals surface area contributed by atoms with Crippen molar-refractivity contribution < 1.29 is 18.3 Å². The van der Waals surface area contributed by atoms with Crippen molar-refractivity contribution in [2.24, 2.45) is 0 Å². The third kappa shape index (κ3) is 4.42. The molecular formula is C14H14N3O4S-. The minimum Gasteiger partial charge on any atom is -0.760 e. The molecule has 0 fully saturated rings. The summed E-state index contributed by atoms with van der Waals surface area (Å²) in [4.78, 5) is 19.2. The summed E-state index contributed by atoms with van der Waals surface area (Å²) in [6, 6.07) is 9.22. The van der Waals surface area contributed by atoms with Crippen molar-refractivity contribution in [1.29, 1.82) is 0 Å². The number of esters is 1. The third-order valence-electron chi connectivity index (χ3n) is 2.85. The van der Waals surface area contributed by atoms with Crippen LogP contribution >= 0.6 is 0 Å². The second kappa shape index (κ2) is 7.74. The normalized spacial score (nSPS) is 12.1. The Kier molecular flexibility index (Phi) is 5.70. The van der Waals surface area contributed by atoms with Gasteiger partial charge in [-0.2, -0.15) is 0 Å². The lowest BCUT2D eigenvalue weighted by molar-refractivity contribution is 0.0593. The minimum atomic E-state index is -2.40. The molecule has 1 atom stereocenters. The van der Waals surface area contributed by atoms with E-state index in [4.69, 9.17) is 0 Å². The lowest BCUT2D eigenvalue weighted by Crippen LogP contribution is -2.25. The van der Waals surface area contributed by atoms with Crippen molar-refractivity contribution >= 4 is 17.2 Å². The van der Waals surface area contributed by atoms with E-state index in [0.29, 0.717) is 5.69 Å². The summed E-state index contributed by atoms with van der Waals surface area (Å²) < 4.78 is 28.4. The molecule has 0 saturated carbocycles. The van der Waals surface area contributed by atoms with Gasteiger partial charge in [0.2, 0.25) is 0 Å². The van der Waals surface area contributed by atoms with Crippen molar-refractivity contribution in [1.82, 2.24) is 14.3 Å². The van der Waals surface area contributed by atoms with Crippen LogP contribution in [0, 0.1) is 0 Å². The van der Waals surface area contributed by atoms with E-state index >= 15 is 0 Å². The predicted molar refractivity (Wildman–Crippen MR) is 78.0 cm³/mol. The lowest BCUT2D eigenvalue weighted by Gasteiger charge is -2.23. The standard InChI is InChI=1S/C14H15N3O4S/c1-21-14(18)13-8-15-12(7-16-13)10-17(22(19)20)9-11-5-3-2-4-6-11/h2-8H,9-10H2,1H3,(H,19,20)/p-1. The molecule has 0 N–H and O–H groups in total. The minimum absolute atomic E-state index is 0.0689. The van der Waals surface area contributed by atoms with Gasteiger partial charge in [0.1, 0.15) is 0 Å². The number of benzene rings is 1. The lowest BCUT2D eigenvalue weighted by atomic mass is 10.2. The Bertz CT molecular complexity index is 649. The number of rotatable bonds is 6. The van der Waals surface area contributed by atoms with Gasteiger partial charge in [0.05, 0.1) is 31.7 Å². The molecule has 0 aliphatic rings. The van der Waals surface area contributed by atoms with E-state index in [1.165, 1.54) is 23.8 Å². The fraction of sp³-hybridized carbons (Fsp3) is 0.214. The summed E-state index contributed by atoms with van der Waals surface area (Å²) >= 11 is -2.40. The smallest absolute Gasteiger partial charge is 0.358 e. The molecule has 1 unspecified atom stereocenters. The van der Waals surface area contributed by atoms with Crippen LogP contribution in [0.1, 0.15) is 21.7 Å². The van der Waals surface area contributed by atoms with Gasteiger partial charge in [-0.1, -0.05) is 30.3 Å². The molecule has 8 heteroatoms. The van der Waals surface area contributed by atoms with Crippen LogP contribution < -0.4 is 0 Å². The zero-order chi connectivity index (χ0) is 15.9. The van der Waals surface area contributed by atoms with E-state index in [1.807, 2.05) is 30.3 Å². The Labute approximate surface area is 130 Å². The second-order valence-electron chi connectivity index (χ2n) is 4.39. The highest BCUT2D eigenvalue weighted by Crippen LogP contribution is 2.10. The van der Waals surface area contributed by atoms with Gasteiger partial charge in [-0.05, 0) is 5.56 Å². The van der Waals surface area contributed by atoms with Crippen LogP contribution in [0.4, 0.5) is 0 Å². The van der Waals surface area contributed by atoms with Crippen LogP contribution in [0.2, 0.25) is 0 Å². The third-order valence-corrected chi connectivity index (χ3v) is 3.53. The fourth-order valence-corrected chi connectivity index (χ4v) is 2.27. The van der Waals surface area contributed by atoms with Crippen molar-refractivity contribution in [2.75, 3.05) is 7.11 Å². The molecule has 1 heterocycles. The van der Waals surface area contributed by atoms with Crippen molar-refractivity contribution in [2.45, 2.75) is 13.1 Å². The van der Waals surface area contributed by atoms with E-state index in [9.17, 15) is 13.6 Å². The Morgan fingerprint density at radius 2 is 1.95 bits per heavy atom. The highest BCUT2D eigenvalue weighted by atomic mass is 32.2. The molecule has 116 valence electrons. The quantitative estimate of drug-likeness (QED) is 0.583. The molecule has 2 rings (SSSR count). The van der Waals surface area contributed by atoms with Crippen LogP contribution in [-0.4, -0.2) is 36.1 Å². The Morgan fingerprint density at radius 1 is 1.23 bits per heavy atom. The maximum Gasteiger partial charge on any atom is 0.358 e. The Morgan fingerprint density at radius 3 is 2.50 bits per heavy atom. The average Bonchev–Trinajstić information content (AvgIpc) is 2.55. The van der Waals surface area contributed by atoms with Crippen molar-refractivity contribution in [3.63, 3.8) is 0 Å². The molecule has 0 saturated heterocycles. The number of nitrogens with zero attached hydrogens (tertiary/aromatic N) is 3. The van der Waals surface area contributed by atoms with E-state index in [2.05, 4.69) is 14.7 Å². The molecule has 0 bridgehead atoms. The van der Waals surface area contributed by atoms with Crippen molar-refractivity contribution in [3.8, 4) is 0 Å². The molecule has 22 heavy (non-hydrogen) atoms. The van der Waals surface area contributed by atoms with Crippen molar-refractivity contribution in [3.05, 3.63) is 59.7 Å². The van der Waals surface area contributed by atoms with E-state index in [1.54, 1.807) is 0 Å². The van der Waals surface area contributed by atoms with Crippen LogP contribution in [0.25, 0.3) is 0 Å². The van der Waals surface area contributed by atoms with Gasteiger partial charge in [-0.3, -0.25) is 9.19 Å². The topological polar surface area (TPSA) is 95.5 Å². The number of methoxy groups -OCH3 is 1. The first-order chi connectivity index (χ1) is 10.6. The summed E-state index contributed by atoms with van der Waals surface area (Å²) in [5, 5.41) is 0. The zero-order valence-corrected chi connectivity index (χ0v) is 12.7. The molecule has 0 spiro atoms. The van der Waals surface area contributed by atoms with Crippen LogP contribution in [-0.2, 0) is 29.1 Å². The molecule has 0 amide bonds. The monoisotopic (exact) mass is 320 g/mol. The number of carbonyl (C=O) groups is 1. The van der Waals surface area contributed by atoms with Crippen LogP contribution in [0.3, 0.4) is 0 Å². The maximum absolute atomic E-state index is 11.3. The van der Waals surface area contributed by atoms with E-state index < -0.39 is 17.2 Å². The summed E-state index contributed by atoms with van der Waals surface area (Å²) in [5.41, 5.74) is 1.38. The number of aromatic nitrogens is 2. The first-order valence-corrected chi connectivity index (χ1v) is 7.41. The highest BCUT2D eigenvalue weighted by molar-refractivity contribution is 7.76. The number of hydrogen-bond acceptors (Lipinski definition) is 6. The van der Waals surface area contributed by atoms with Crippen LogP contribution in [0.15, 0.2) is 42.7 Å². The molecule has 0 aliphatic carbocycles. The average molecular weight is 320 g/mol. The summed E-state index contributed by atoms with van der Waals surface area (Å²) in [6.45, 7) is 0.302. The molecule has 0 radical (unpaired) electrons. The summed E-state index contributed by atoms with van der Waals surface area (Å²) in [7, 11) is 1.25. The first-order valence-electron chi connectivity index (χ1n) is 6.37. The van der Waals surface area contributed by atoms with Gasteiger partial charge in [0.15, 0.2) is 5.69 Å². The molecular weight excluding hydrogens is 306 g/mol. The Hall–Kier alpha value is -2.16. The molecule has 2 aromatic rings. The molecule has 0 aliphatic heterocycles. The Balaban J connectivity index is 2.08. The van der Waals surface area contributed by atoms with E-state index in [-0.39, 0.29) is 18.8 Å². The summed E-state index contributed by atoms with van der Waals surface area (Å²) in [6.07, 6.45) is 2.62. The van der Waals surface area contributed by atoms with Crippen LogP contribution in [0.5, 0.6) is 0 Å². The number of hydrogen-bond donors (Lipinski definition) is 0. The van der Waals surface area contributed by atoms with Gasteiger partial charge in [-0.15, -0.1) is 0 Å². The number of carbonyl (C=O) groups excluding carboxylic acids is 1. The largest absolute Gasteiger partial charge is 0.760 e.